The number of rotatable bonds is 3. The number of ether oxygens (including phenoxy) is 3. The van der Waals surface area contributed by atoms with Crippen LogP contribution < -0.4 is 25.5 Å². The Morgan fingerprint density at radius 1 is 1.23 bits per heavy atom. The van der Waals surface area contributed by atoms with Gasteiger partial charge in [0.2, 0.25) is 12.7 Å². The number of nitrogens with zero attached hydrogens (tertiary/aromatic N) is 3. The third kappa shape index (κ3) is 3.07. The van der Waals surface area contributed by atoms with Gasteiger partial charge in [-0.3, -0.25) is 9.78 Å². The average molecular weight is 414 g/mol. The molecule has 2 aliphatic heterocycles. The fourth-order valence-corrected chi connectivity index (χ4v) is 3.98. The van der Waals surface area contributed by atoms with Gasteiger partial charge >= 0.3 is 0 Å². The number of benzene rings is 1. The first kappa shape index (κ1) is 18.8. The molecule has 0 aliphatic carbocycles. The number of aryl methyl sites for hydroxylation is 1. The van der Waals surface area contributed by atoms with Crippen molar-refractivity contribution in [2.24, 2.45) is 5.73 Å². The lowest BCUT2D eigenvalue weighted by Crippen LogP contribution is -2.33. The minimum Gasteiger partial charge on any atom is -0.454 e. The van der Waals surface area contributed by atoms with E-state index in [2.05, 4.69) is 11.1 Å². The van der Waals surface area contributed by atoms with Gasteiger partial charge in [-0.1, -0.05) is 12.1 Å². The smallest absolute Gasteiger partial charge is 0.259 e. The van der Waals surface area contributed by atoms with Gasteiger partial charge in [0.25, 0.3) is 5.56 Å². The van der Waals surface area contributed by atoms with Crippen molar-refractivity contribution in [2.75, 3.05) is 6.79 Å². The molecule has 4 heterocycles. The molecule has 1 atom stereocenters. The number of aromatic nitrogens is 2. The number of hydrogen-bond donors (Lipinski definition) is 1. The second-order valence-corrected chi connectivity index (χ2v) is 7.35. The molecule has 3 aromatic rings. The molecule has 0 saturated carbocycles. The molecule has 0 bridgehead atoms. The summed E-state index contributed by atoms with van der Waals surface area (Å²) < 4.78 is 18.1. The lowest BCUT2D eigenvalue weighted by atomic mass is 9.85. The summed E-state index contributed by atoms with van der Waals surface area (Å²) in [5, 5.41) is 9.74. The van der Waals surface area contributed by atoms with Crippen molar-refractivity contribution in [3.05, 3.63) is 93.0 Å². The molecule has 31 heavy (non-hydrogen) atoms. The zero-order valence-electron chi connectivity index (χ0n) is 16.7. The van der Waals surface area contributed by atoms with Gasteiger partial charge in [-0.05, 0) is 36.2 Å². The van der Waals surface area contributed by atoms with E-state index in [1.807, 2.05) is 31.2 Å². The summed E-state index contributed by atoms with van der Waals surface area (Å²) in [6.07, 6.45) is 3.27. The summed E-state index contributed by atoms with van der Waals surface area (Å²) in [7, 11) is 0. The van der Waals surface area contributed by atoms with Crippen molar-refractivity contribution < 1.29 is 14.2 Å². The van der Waals surface area contributed by atoms with Gasteiger partial charge in [-0.25, -0.2) is 0 Å². The van der Waals surface area contributed by atoms with Crippen molar-refractivity contribution in [2.45, 2.75) is 19.4 Å². The Morgan fingerprint density at radius 3 is 2.84 bits per heavy atom. The highest BCUT2D eigenvalue weighted by Crippen LogP contribution is 2.40. The normalized spacial score (nSPS) is 16.5. The zero-order chi connectivity index (χ0) is 21.5. The Balaban J connectivity index is 1.65. The molecule has 8 nitrogen and oxygen atoms in total. The summed E-state index contributed by atoms with van der Waals surface area (Å²) >= 11 is 0. The fraction of sp³-hybridized carbons (Fsp3) is 0.174. The average Bonchev–Trinajstić information content (AvgIpc) is 3.24. The monoisotopic (exact) mass is 414 g/mol. The van der Waals surface area contributed by atoms with E-state index < -0.39 is 5.92 Å². The second-order valence-electron chi connectivity index (χ2n) is 7.35. The van der Waals surface area contributed by atoms with Gasteiger partial charge in [0.15, 0.2) is 11.5 Å². The molecule has 0 spiro atoms. The van der Waals surface area contributed by atoms with E-state index in [1.165, 1.54) is 0 Å². The summed E-state index contributed by atoms with van der Waals surface area (Å²) in [6, 6.07) is 13.0. The minimum atomic E-state index is -0.654. The summed E-state index contributed by atoms with van der Waals surface area (Å²) in [4.78, 5) is 17.8. The number of nitriles is 1. The standard InChI is InChI=1S/C23H18N4O4/c1-13-7-19-21(20(15-3-2-6-26-10-15)16(9-24)22(25)31-19)23(28)27(13)11-14-4-5-17-18(8-14)30-12-29-17/h2-8,10,20H,11-12,25H2,1H3/t20-/m0/s1. The molecule has 2 N–H and O–H groups in total. The van der Waals surface area contributed by atoms with Gasteiger partial charge in [-0.15, -0.1) is 0 Å². The third-order valence-electron chi connectivity index (χ3n) is 5.49. The molecule has 0 radical (unpaired) electrons. The maximum atomic E-state index is 13.7. The van der Waals surface area contributed by atoms with Crippen LogP contribution in [0.4, 0.5) is 0 Å². The Labute approximate surface area is 177 Å². The Hall–Kier alpha value is -4.25. The maximum Gasteiger partial charge on any atom is 0.259 e. The predicted molar refractivity (Wildman–Crippen MR) is 111 cm³/mol. The van der Waals surface area contributed by atoms with Crippen LogP contribution in [0.1, 0.15) is 28.3 Å². The van der Waals surface area contributed by atoms with Crippen LogP contribution in [-0.2, 0) is 6.54 Å². The van der Waals surface area contributed by atoms with Gasteiger partial charge in [0.05, 0.1) is 18.0 Å². The molecule has 0 saturated heterocycles. The van der Waals surface area contributed by atoms with E-state index in [4.69, 9.17) is 19.9 Å². The van der Waals surface area contributed by atoms with E-state index in [-0.39, 0.29) is 23.8 Å². The van der Waals surface area contributed by atoms with E-state index in [0.29, 0.717) is 40.6 Å². The van der Waals surface area contributed by atoms with Gasteiger partial charge < -0.3 is 24.5 Å². The molecule has 0 fully saturated rings. The quantitative estimate of drug-likeness (QED) is 0.701. The van der Waals surface area contributed by atoms with Gasteiger partial charge in [0.1, 0.15) is 17.4 Å². The lowest BCUT2D eigenvalue weighted by molar-refractivity contribution is 0.174. The lowest BCUT2D eigenvalue weighted by Gasteiger charge is -2.27. The van der Waals surface area contributed by atoms with E-state index in [9.17, 15) is 10.1 Å². The van der Waals surface area contributed by atoms with E-state index in [0.717, 1.165) is 5.56 Å². The van der Waals surface area contributed by atoms with Crippen LogP contribution in [0, 0.1) is 18.3 Å². The predicted octanol–water partition coefficient (Wildman–Crippen LogP) is 2.55. The van der Waals surface area contributed by atoms with Crippen molar-refractivity contribution in [3.63, 3.8) is 0 Å². The topological polar surface area (TPSA) is 112 Å². The summed E-state index contributed by atoms with van der Waals surface area (Å²) in [5.41, 5.74) is 8.63. The SMILES string of the molecule is Cc1cc2c(c(=O)n1Cc1ccc3c(c1)OCO3)[C@@H](c1cccnc1)C(C#N)=C(N)O2. The molecule has 2 aromatic heterocycles. The zero-order valence-corrected chi connectivity index (χ0v) is 16.7. The minimum absolute atomic E-state index is 0.00354. The molecular weight excluding hydrogens is 396 g/mol. The number of hydrogen-bond acceptors (Lipinski definition) is 7. The highest BCUT2D eigenvalue weighted by atomic mass is 16.7. The number of fused-ring (bicyclic) bond motifs is 2. The second kappa shape index (κ2) is 7.22. The molecule has 0 amide bonds. The molecular formula is C23H18N4O4. The molecule has 8 heteroatoms. The fourth-order valence-electron chi connectivity index (χ4n) is 3.98. The highest BCUT2D eigenvalue weighted by molar-refractivity contribution is 5.55. The maximum absolute atomic E-state index is 13.7. The molecule has 5 rings (SSSR count). The van der Waals surface area contributed by atoms with Crippen LogP contribution in [0.25, 0.3) is 0 Å². The molecule has 1 aromatic carbocycles. The summed E-state index contributed by atoms with van der Waals surface area (Å²) in [5.74, 6) is 1.03. The first-order chi connectivity index (χ1) is 15.1. The van der Waals surface area contributed by atoms with Crippen LogP contribution in [0.2, 0.25) is 0 Å². The van der Waals surface area contributed by atoms with Crippen LogP contribution >= 0.6 is 0 Å². The summed E-state index contributed by atoms with van der Waals surface area (Å²) in [6.45, 7) is 2.34. The third-order valence-corrected chi connectivity index (χ3v) is 5.49. The Morgan fingerprint density at radius 2 is 2.06 bits per heavy atom. The first-order valence-corrected chi connectivity index (χ1v) is 9.67. The van der Waals surface area contributed by atoms with Crippen molar-refractivity contribution in [3.8, 4) is 23.3 Å². The number of nitrogens with two attached hydrogens (primary N) is 1. The van der Waals surface area contributed by atoms with Crippen molar-refractivity contribution >= 4 is 0 Å². The highest BCUT2D eigenvalue weighted by Gasteiger charge is 2.34. The van der Waals surface area contributed by atoms with E-state index in [1.54, 1.807) is 29.1 Å². The van der Waals surface area contributed by atoms with Crippen molar-refractivity contribution in [1.82, 2.24) is 9.55 Å². The Kier molecular flexibility index (Phi) is 4.37. The van der Waals surface area contributed by atoms with Crippen LogP contribution in [0.15, 0.2) is 65.0 Å². The molecule has 0 unspecified atom stereocenters. The molecule has 154 valence electrons. The van der Waals surface area contributed by atoms with Crippen LogP contribution in [0.5, 0.6) is 17.2 Å². The molecule has 2 aliphatic rings. The van der Waals surface area contributed by atoms with E-state index >= 15 is 0 Å². The van der Waals surface area contributed by atoms with Gasteiger partial charge in [-0.2, -0.15) is 5.26 Å². The van der Waals surface area contributed by atoms with Crippen LogP contribution in [0.3, 0.4) is 0 Å². The number of allylic oxidation sites excluding steroid dienone is 1. The largest absolute Gasteiger partial charge is 0.454 e. The van der Waals surface area contributed by atoms with Gasteiger partial charge in [0, 0.05) is 24.2 Å². The Bertz CT molecular complexity index is 1320. The first-order valence-electron chi connectivity index (χ1n) is 9.67. The van der Waals surface area contributed by atoms with Crippen molar-refractivity contribution in [1.29, 1.82) is 5.26 Å². The number of pyridine rings is 2. The van der Waals surface area contributed by atoms with Crippen LogP contribution in [-0.4, -0.2) is 16.3 Å².